The number of aromatic nitrogens is 1. The zero-order valence-electron chi connectivity index (χ0n) is 11.7. The van der Waals surface area contributed by atoms with Gasteiger partial charge in [0.1, 0.15) is 4.90 Å². The molecule has 7 heteroatoms. The fraction of sp³-hybridized carbons (Fsp3) is 0.214. The second kappa shape index (κ2) is 6.55. The van der Waals surface area contributed by atoms with Crippen molar-refractivity contribution in [3.63, 3.8) is 0 Å². The first-order valence-electron chi connectivity index (χ1n) is 6.60. The molecule has 6 nitrogen and oxygen atoms in total. The first-order valence-corrected chi connectivity index (χ1v) is 8.08. The van der Waals surface area contributed by atoms with Crippen molar-refractivity contribution < 1.29 is 8.42 Å². The molecule has 2 aromatic rings. The van der Waals surface area contributed by atoms with E-state index < -0.39 is 10.0 Å². The fourth-order valence-corrected chi connectivity index (χ4v) is 3.24. The first-order chi connectivity index (χ1) is 10.1. The molecule has 0 unspecified atom stereocenters. The molecular weight excluding hydrogens is 288 g/mol. The number of nitrogen functional groups attached to an aromatic ring is 1. The Morgan fingerprint density at radius 3 is 2.67 bits per heavy atom. The van der Waals surface area contributed by atoms with Crippen LogP contribution < -0.4 is 16.0 Å². The van der Waals surface area contributed by atoms with Crippen LogP contribution >= 0.6 is 0 Å². The van der Waals surface area contributed by atoms with E-state index in [0.29, 0.717) is 11.4 Å². The monoisotopic (exact) mass is 306 g/mol. The summed E-state index contributed by atoms with van der Waals surface area (Å²) in [5.41, 5.74) is 4.19. The molecule has 0 aliphatic rings. The molecule has 0 saturated heterocycles. The zero-order chi connectivity index (χ0) is 15.3. The number of nitrogens with zero attached hydrogens (tertiary/aromatic N) is 1. The maximum Gasteiger partial charge on any atom is 0.265 e. The molecule has 0 fully saturated rings. The number of anilines is 2. The number of nitrogens with two attached hydrogens (primary N) is 1. The second-order valence-corrected chi connectivity index (χ2v) is 6.18. The first kappa shape index (κ1) is 15.3. The third-order valence-electron chi connectivity index (χ3n) is 3.01. The van der Waals surface area contributed by atoms with Gasteiger partial charge in [0.25, 0.3) is 10.0 Å². The van der Waals surface area contributed by atoms with Gasteiger partial charge < -0.3 is 5.43 Å². The number of sulfonamides is 1. The maximum absolute atomic E-state index is 12.5. The van der Waals surface area contributed by atoms with E-state index in [0.717, 1.165) is 18.4 Å². The molecule has 21 heavy (non-hydrogen) atoms. The molecule has 0 aliphatic carbocycles. The lowest BCUT2D eigenvalue weighted by Crippen LogP contribution is -2.18. The van der Waals surface area contributed by atoms with Crippen molar-refractivity contribution in [2.45, 2.75) is 24.7 Å². The minimum absolute atomic E-state index is 0.0128. The van der Waals surface area contributed by atoms with Crippen LogP contribution in [-0.2, 0) is 16.4 Å². The van der Waals surface area contributed by atoms with E-state index in [9.17, 15) is 8.42 Å². The topological polar surface area (TPSA) is 97.1 Å². The van der Waals surface area contributed by atoms with E-state index in [1.807, 2.05) is 19.1 Å². The number of pyridine rings is 1. The van der Waals surface area contributed by atoms with Crippen LogP contribution in [0.5, 0.6) is 0 Å². The second-order valence-electron chi connectivity index (χ2n) is 4.53. The molecule has 0 bridgehead atoms. The quantitative estimate of drug-likeness (QED) is 0.561. The molecule has 0 radical (unpaired) electrons. The average molecular weight is 306 g/mol. The lowest BCUT2D eigenvalue weighted by Gasteiger charge is -2.14. The number of hydrazine groups is 1. The van der Waals surface area contributed by atoms with Gasteiger partial charge in [-0.2, -0.15) is 0 Å². The van der Waals surface area contributed by atoms with Crippen LogP contribution in [0.4, 0.5) is 11.4 Å². The fourth-order valence-electron chi connectivity index (χ4n) is 2.02. The van der Waals surface area contributed by atoms with Gasteiger partial charge in [0.15, 0.2) is 0 Å². The summed E-state index contributed by atoms with van der Waals surface area (Å²) in [5.74, 6) is 5.35. The number of hydrogen-bond donors (Lipinski definition) is 3. The highest BCUT2D eigenvalue weighted by atomic mass is 32.2. The largest absolute Gasteiger partial charge is 0.323 e. The zero-order valence-corrected chi connectivity index (χ0v) is 12.5. The van der Waals surface area contributed by atoms with E-state index in [1.54, 1.807) is 12.1 Å². The molecule has 0 saturated carbocycles. The van der Waals surface area contributed by atoms with Crippen LogP contribution in [-0.4, -0.2) is 13.4 Å². The lowest BCUT2D eigenvalue weighted by molar-refractivity contribution is 0.601. The van der Waals surface area contributed by atoms with Crippen LogP contribution in [0.1, 0.15) is 18.9 Å². The van der Waals surface area contributed by atoms with Crippen molar-refractivity contribution in [3.05, 3.63) is 48.3 Å². The predicted molar refractivity (Wildman–Crippen MR) is 83.3 cm³/mol. The van der Waals surface area contributed by atoms with Gasteiger partial charge in [-0.3, -0.25) is 15.5 Å². The van der Waals surface area contributed by atoms with Crippen LogP contribution in [0, 0.1) is 0 Å². The summed E-state index contributed by atoms with van der Waals surface area (Å²) in [4.78, 5) is 3.86. The standard InChI is InChI=1S/C14H18N4O2S/c1-2-5-11-6-3-4-7-12(11)18-21(19,20)14-10-16-9-8-13(14)17-15/h3-4,6-10,18H,2,5,15H2,1H3,(H,16,17). The van der Waals surface area contributed by atoms with Crippen LogP contribution in [0.25, 0.3) is 0 Å². The number of nitrogens with one attached hydrogen (secondary N) is 2. The number of hydrogen-bond acceptors (Lipinski definition) is 5. The Kier molecular flexibility index (Phi) is 4.77. The van der Waals surface area contributed by atoms with Crippen molar-refractivity contribution in [1.29, 1.82) is 0 Å². The summed E-state index contributed by atoms with van der Waals surface area (Å²) < 4.78 is 27.6. The summed E-state index contributed by atoms with van der Waals surface area (Å²) in [7, 11) is -3.75. The van der Waals surface area contributed by atoms with Gasteiger partial charge in [-0.25, -0.2) is 8.42 Å². The average Bonchev–Trinajstić information content (AvgIpc) is 2.49. The molecular formula is C14H18N4O2S. The molecule has 2 rings (SSSR count). The van der Waals surface area contributed by atoms with Crippen LogP contribution in [0.2, 0.25) is 0 Å². The Bertz CT molecular complexity index is 716. The van der Waals surface area contributed by atoms with Crippen molar-refractivity contribution in [2.24, 2.45) is 5.84 Å². The third-order valence-corrected chi connectivity index (χ3v) is 4.40. The van der Waals surface area contributed by atoms with Gasteiger partial charge in [-0.05, 0) is 24.1 Å². The SMILES string of the molecule is CCCc1ccccc1NS(=O)(=O)c1cnccc1NN. The lowest BCUT2D eigenvalue weighted by atomic mass is 10.1. The van der Waals surface area contributed by atoms with Gasteiger partial charge in [0.05, 0.1) is 11.4 Å². The Labute approximate surface area is 124 Å². The molecule has 4 N–H and O–H groups in total. The molecule has 0 atom stereocenters. The summed E-state index contributed by atoms with van der Waals surface area (Å²) in [6.07, 6.45) is 4.47. The Morgan fingerprint density at radius 1 is 1.19 bits per heavy atom. The van der Waals surface area contributed by atoms with Gasteiger partial charge >= 0.3 is 0 Å². The molecule has 0 aliphatic heterocycles. The van der Waals surface area contributed by atoms with E-state index in [2.05, 4.69) is 15.1 Å². The summed E-state index contributed by atoms with van der Waals surface area (Å²) in [5, 5.41) is 0. The Morgan fingerprint density at radius 2 is 1.95 bits per heavy atom. The molecule has 0 spiro atoms. The van der Waals surface area contributed by atoms with Crippen molar-refractivity contribution in [1.82, 2.24) is 4.98 Å². The van der Waals surface area contributed by atoms with Crippen LogP contribution in [0.15, 0.2) is 47.6 Å². The number of benzene rings is 1. The van der Waals surface area contributed by atoms with Crippen LogP contribution in [0.3, 0.4) is 0 Å². The van der Waals surface area contributed by atoms with E-state index in [1.165, 1.54) is 18.5 Å². The summed E-state index contributed by atoms with van der Waals surface area (Å²) in [6, 6.07) is 8.84. The van der Waals surface area contributed by atoms with E-state index in [-0.39, 0.29) is 4.90 Å². The molecule has 1 heterocycles. The molecule has 112 valence electrons. The molecule has 1 aromatic carbocycles. The highest BCUT2D eigenvalue weighted by Crippen LogP contribution is 2.24. The highest BCUT2D eigenvalue weighted by molar-refractivity contribution is 7.92. The van der Waals surface area contributed by atoms with Gasteiger partial charge in [-0.15, -0.1) is 0 Å². The summed E-state index contributed by atoms with van der Waals surface area (Å²) in [6.45, 7) is 2.04. The number of aryl methyl sites for hydroxylation is 1. The van der Waals surface area contributed by atoms with Crippen molar-refractivity contribution in [3.8, 4) is 0 Å². The molecule has 1 aromatic heterocycles. The van der Waals surface area contributed by atoms with E-state index >= 15 is 0 Å². The van der Waals surface area contributed by atoms with Crippen molar-refractivity contribution >= 4 is 21.4 Å². The normalized spacial score (nSPS) is 11.1. The maximum atomic E-state index is 12.5. The smallest absolute Gasteiger partial charge is 0.265 e. The number of para-hydroxylation sites is 1. The van der Waals surface area contributed by atoms with E-state index in [4.69, 9.17) is 5.84 Å². The third kappa shape index (κ3) is 3.50. The van der Waals surface area contributed by atoms with Gasteiger partial charge in [-0.1, -0.05) is 31.5 Å². The van der Waals surface area contributed by atoms with Crippen molar-refractivity contribution in [2.75, 3.05) is 10.1 Å². The predicted octanol–water partition coefficient (Wildman–Crippen LogP) is 2.12. The molecule has 0 amide bonds. The Hall–Kier alpha value is -2.12. The minimum Gasteiger partial charge on any atom is -0.323 e. The highest BCUT2D eigenvalue weighted by Gasteiger charge is 2.19. The minimum atomic E-state index is -3.75. The van der Waals surface area contributed by atoms with Gasteiger partial charge in [0.2, 0.25) is 0 Å². The van der Waals surface area contributed by atoms with Gasteiger partial charge in [0, 0.05) is 12.4 Å². The Balaban J connectivity index is 2.38. The number of rotatable bonds is 6. The summed E-state index contributed by atoms with van der Waals surface area (Å²) >= 11 is 0.